The van der Waals surface area contributed by atoms with Crippen molar-refractivity contribution in [3.8, 4) is 0 Å². The van der Waals surface area contributed by atoms with Crippen molar-refractivity contribution in [2.24, 2.45) is 0 Å². The van der Waals surface area contributed by atoms with Crippen LogP contribution in [-0.2, 0) is 10.2 Å². The highest BCUT2D eigenvalue weighted by atomic mass is 16.2. The van der Waals surface area contributed by atoms with Gasteiger partial charge in [0.25, 0.3) is 0 Å². The fourth-order valence-corrected chi connectivity index (χ4v) is 2.50. The molecule has 0 spiro atoms. The van der Waals surface area contributed by atoms with Crippen molar-refractivity contribution in [3.63, 3.8) is 0 Å². The van der Waals surface area contributed by atoms with Crippen LogP contribution in [0.4, 0.5) is 5.69 Å². The number of aromatic nitrogens is 1. The van der Waals surface area contributed by atoms with Gasteiger partial charge in [-0.25, -0.2) is 0 Å². The summed E-state index contributed by atoms with van der Waals surface area (Å²) in [4.78, 5) is 17.6. The smallest absolute Gasteiger partial charge is 0.219 e. The van der Waals surface area contributed by atoms with E-state index in [1.165, 1.54) is 5.56 Å². The molecule has 20 heavy (non-hydrogen) atoms. The van der Waals surface area contributed by atoms with Crippen LogP contribution in [0.1, 0.15) is 46.1 Å². The first kappa shape index (κ1) is 14.8. The Kier molecular flexibility index (Phi) is 4.31. The third-order valence-corrected chi connectivity index (χ3v) is 3.92. The maximum absolute atomic E-state index is 11.3. The SMILES string of the molecule is CC(=O)N1CCC(Nc2cncc(C(C)(C)C)c2)CC1. The van der Waals surface area contributed by atoms with Crippen molar-refractivity contribution in [2.75, 3.05) is 18.4 Å². The van der Waals surface area contributed by atoms with Crippen LogP contribution in [0.5, 0.6) is 0 Å². The molecular formula is C16H25N3O. The lowest BCUT2D eigenvalue weighted by Gasteiger charge is -2.32. The molecule has 0 aliphatic carbocycles. The minimum Gasteiger partial charge on any atom is -0.381 e. The number of nitrogens with one attached hydrogen (secondary N) is 1. The topological polar surface area (TPSA) is 45.2 Å². The third-order valence-electron chi connectivity index (χ3n) is 3.92. The van der Waals surface area contributed by atoms with Gasteiger partial charge in [0.2, 0.25) is 5.91 Å². The van der Waals surface area contributed by atoms with Gasteiger partial charge in [0.15, 0.2) is 0 Å². The second-order valence-electron chi connectivity index (χ2n) is 6.64. The summed E-state index contributed by atoms with van der Waals surface area (Å²) < 4.78 is 0. The van der Waals surface area contributed by atoms with E-state index in [1.807, 2.05) is 17.3 Å². The summed E-state index contributed by atoms with van der Waals surface area (Å²) >= 11 is 0. The molecule has 2 rings (SSSR count). The van der Waals surface area contributed by atoms with E-state index in [1.54, 1.807) is 6.92 Å². The maximum Gasteiger partial charge on any atom is 0.219 e. The number of nitrogens with zero attached hydrogens (tertiary/aromatic N) is 2. The van der Waals surface area contributed by atoms with E-state index in [2.05, 4.69) is 37.1 Å². The minimum absolute atomic E-state index is 0.114. The zero-order valence-corrected chi connectivity index (χ0v) is 12.9. The van der Waals surface area contributed by atoms with Gasteiger partial charge in [-0.15, -0.1) is 0 Å². The summed E-state index contributed by atoms with van der Waals surface area (Å²) in [6, 6.07) is 2.62. The normalized spacial score (nSPS) is 17.1. The van der Waals surface area contributed by atoms with Crippen LogP contribution >= 0.6 is 0 Å². The van der Waals surface area contributed by atoms with Gasteiger partial charge >= 0.3 is 0 Å². The highest BCUT2D eigenvalue weighted by molar-refractivity contribution is 5.73. The van der Waals surface area contributed by atoms with Gasteiger partial charge in [0.05, 0.1) is 5.69 Å². The molecule has 0 saturated carbocycles. The summed E-state index contributed by atoms with van der Waals surface area (Å²) in [5.41, 5.74) is 2.44. The molecule has 1 saturated heterocycles. The predicted octanol–water partition coefficient (Wildman–Crippen LogP) is 2.80. The molecule has 1 aliphatic heterocycles. The van der Waals surface area contributed by atoms with E-state index in [0.717, 1.165) is 31.6 Å². The molecule has 110 valence electrons. The molecule has 0 unspecified atom stereocenters. The second-order valence-corrected chi connectivity index (χ2v) is 6.64. The van der Waals surface area contributed by atoms with Crippen LogP contribution in [0, 0.1) is 0 Å². The Morgan fingerprint density at radius 1 is 1.30 bits per heavy atom. The number of anilines is 1. The average Bonchev–Trinajstić information content (AvgIpc) is 2.38. The van der Waals surface area contributed by atoms with Crippen LogP contribution in [0.3, 0.4) is 0 Å². The summed E-state index contributed by atoms with van der Waals surface area (Å²) in [6.45, 7) is 9.92. The van der Waals surface area contributed by atoms with E-state index >= 15 is 0 Å². The van der Waals surface area contributed by atoms with Crippen molar-refractivity contribution in [2.45, 2.75) is 52.0 Å². The Bertz CT molecular complexity index is 471. The van der Waals surface area contributed by atoms with Crippen LogP contribution in [0.2, 0.25) is 0 Å². The van der Waals surface area contributed by atoms with E-state index in [4.69, 9.17) is 0 Å². The number of hydrogen-bond acceptors (Lipinski definition) is 3. The first-order valence-electron chi connectivity index (χ1n) is 7.34. The second kappa shape index (κ2) is 5.81. The summed E-state index contributed by atoms with van der Waals surface area (Å²) in [7, 11) is 0. The molecular weight excluding hydrogens is 250 g/mol. The van der Waals surface area contributed by atoms with Gasteiger partial charge < -0.3 is 10.2 Å². The molecule has 1 N–H and O–H groups in total. The molecule has 0 radical (unpaired) electrons. The first-order valence-corrected chi connectivity index (χ1v) is 7.34. The molecule has 0 aromatic carbocycles. The van der Waals surface area contributed by atoms with Crippen LogP contribution in [-0.4, -0.2) is 34.9 Å². The Balaban J connectivity index is 1.96. The van der Waals surface area contributed by atoms with Crippen LogP contribution in [0.15, 0.2) is 18.5 Å². The number of pyridine rings is 1. The molecule has 1 amide bonds. The molecule has 1 aromatic heterocycles. The molecule has 1 aliphatic rings. The number of amides is 1. The van der Waals surface area contributed by atoms with Crippen LogP contribution in [0.25, 0.3) is 0 Å². The fourth-order valence-electron chi connectivity index (χ4n) is 2.50. The molecule has 1 fully saturated rings. The zero-order chi connectivity index (χ0) is 14.8. The highest BCUT2D eigenvalue weighted by Gasteiger charge is 2.21. The standard InChI is InChI=1S/C16H25N3O/c1-12(20)19-7-5-14(6-8-19)18-15-9-13(10-17-11-15)16(2,3)4/h9-11,14,18H,5-8H2,1-4H3. The third kappa shape index (κ3) is 3.71. The van der Waals surface area contributed by atoms with Crippen molar-refractivity contribution in [3.05, 3.63) is 24.0 Å². The Morgan fingerprint density at radius 3 is 2.50 bits per heavy atom. The Morgan fingerprint density at radius 2 is 1.95 bits per heavy atom. The highest BCUT2D eigenvalue weighted by Crippen LogP contribution is 2.24. The van der Waals surface area contributed by atoms with Crippen molar-refractivity contribution in [1.82, 2.24) is 9.88 Å². The van der Waals surface area contributed by atoms with E-state index in [9.17, 15) is 4.79 Å². The summed E-state index contributed by atoms with van der Waals surface area (Å²) in [6.07, 6.45) is 5.81. The Hall–Kier alpha value is -1.58. The van der Waals surface area contributed by atoms with Gasteiger partial charge in [-0.3, -0.25) is 9.78 Å². The molecule has 0 bridgehead atoms. The van der Waals surface area contributed by atoms with Gasteiger partial charge in [-0.2, -0.15) is 0 Å². The van der Waals surface area contributed by atoms with E-state index in [0.29, 0.717) is 6.04 Å². The lowest BCUT2D eigenvalue weighted by atomic mass is 9.88. The lowest BCUT2D eigenvalue weighted by molar-refractivity contribution is -0.129. The number of hydrogen-bond donors (Lipinski definition) is 1. The van der Waals surface area contributed by atoms with E-state index in [-0.39, 0.29) is 11.3 Å². The monoisotopic (exact) mass is 275 g/mol. The van der Waals surface area contributed by atoms with Crippen molar-refractivity contribution >= 4 is 11.6 Å². The summed E-state index contributed by atoms with van der Waals surface area (Å²) in [5.74, 6) is 0.180. The van der Waals surface area contributed by atoms with Gasteiger partial charge in [0, 0.05) is 38.4 Å². The first-order chi connectivity index (χ1) is 9.36. The van der Waals surface area contributed by atoms with Gasteiger partial charge in [0.1, 0.15) is 0 Å². The lowest BCUT2D eigenvalue weighted by Crippen LogP contribution is -2.41. The maximum atomic E-state index is 11.3. The number of rotatable bonds is 2. The average molecular weight is 275 g/mol. The van der Waals surface area contributed by atoms with Crippen LogP contribution < -0.4 is 5.32 Å². The molecule has 4 nitrogen and oxygen atoms in total. The zero-order valence-electron chi connectivity index (χ0n) is 12.9. The quantitative estimate of drug-likeness (QED) is 0.902. The number of carbonyl (C=O) groups is 1. The molecule has 4 heteroatoms. The van der Waals surface area contributed by atoms with Crippen molar-refractivity contribution < 1.29 is 4.79 Å². The molecule has 0 atom stereocenters. The number of carbonyl (C=O) groups excluding carboxylic acids is 1. The van der Waals surface area contributed by atoms with Gasteiger partial charge in [-0.05, 0) is 29.9 Å². The predicted molar refractivity (Wildman–Crippen MR) is 81.8 cm³/mol. The molecule has 1 aromatic rings. The number of likely N-dealkylation sites (tertiary alicyclic amines) is 1. The fraction of sp³-hybridized carbons (Fsp3) is 0.625. The van der Waals surface area contributed by atoms with Gasteiger partial charge in [-0.1, -0.05) is 20.8 Å². The Labute approximate surface area is 121 Å². The van der Waals surface area contributed by atoms with Crippen molar-refractivity contribution in [1.29, 1.82) is 0 Å². The summed E-state index contributed by atoms with van der Waals surface area (Å²) in [5, 5.41) is 3.55. The largest absolute Gasteiger partial charge is 0.381 e. The molecule has 2 heterocycles. The minimum atomic E-state index is 0.114. The van der Waals surface area contributed by atoms with E-state index < -0.39 is 0 Å². The number of piperidine rings is 1.